The van der Waals surface area contributed by atoms with Gasteiger partial charge in [0.2, 0.25) is 0 Å². The zero-order chi connectivity index (χ0) is 12.8. The lowest BCUT2D eigenvalue weighted by atomic mass is 10.2. The van der Waals surface area contributed by atoms with Gasteiger partial charge in [0.05, 0.1) is 5.56 Å². The van der Waals surface area contributed by atoms with Gasteiger partial charge >= 0.3 is 0 Å². The molecule has 2 heterocycles. The van der Waals surface area contributed by atoms with Crippen molar-refractivity contribution in [2.75, 3.05) is 11.9 Å². The number of pyridine rings is 2. The van der Waals surface area contributed by atoms with Gasteiger partial charge in [0.1, 0.15) is 11.9 Å². The molecule has 0 saturated carbocycles. The molecule has 90 valence electrons. The third-order valence-corrected chi connectivity index (χ3v) is 2.58. The van der Waals surface area contributed by atoms with Gasteiger partial charge in [-0.25, -0.2) is 4.98 Å². The molecule has 0 spiro atoms. The normalized spacial score (nSPS) is 9.78. The second-order valence-corrected chi connectivity index (χ2v) is 4.03. The second-order valence-electron chi connectivity index (χ2n) is 4.03. The summed E-state index contributed by atoms with van der Waals surface area (Å²) in [5, 5.41) is 11.9. The van der Waals surface area contributed by atoms with E-state index in [4.69, 9.17) is 5.26 Å². The third-order valence-electron chi connectivity index (χ3n) is 2.58. The van der Waals surface area contributed by atoms with Crippen molar-refractivity contribution >= 4 is 5.82 Å². The highest BCUT2D eigenvalue weighted by atomic mass is 15.0. The van der Waals surface area contributed by atoms with Crippen LogP contribution in [0.1, 0.15) is 16.8 Å². The number of nitrogens with one attached hydrogen (secondary N) is 1. The molecule has 4 heteroatoms. The Balaban J connectivity index is 1.84. The van der Waals surface area contributed by atoms with Crippen molar-refractivity contribution in [1.29, 1.82) is 5.26 Å². The van der Waals surface area contributed by atoms with E-state index in [1.165, 1.54) is 5.56 Å². The molecule has 1 N–H and O–H groups in total. The summed E-state index contributed by atoms with van der Waals surface area (Å²) in [7, 11) is 0. The number of nitrogens with zero attached hydrogens (tertiary/aromatic N) is 3. The Morgan fingerprint density at radius 2 is 2.06 bits per heavy atom. The SMILES string of the molecule is Cc1ccc(CCNc2ccc(C#N)cn2)cn1. The van der Waals surface area contributed by atoms with Crippen molar-refractivity contribution in [3.8, 4) is 6.07 Å². The predicted octanol–water partition coefficient (Wildman–Crippen LogP) is 2.31. The molecule has 0 fully saturated rings. The molecule has 2 rings (SSSR count). The van der Waals surface area contributed by atoms with Crippen LogP contribution in [0.4, 0.5) is 5.82 Å². The Morgan fingerprint density at radius 3 is 2.67 bits per heavy atom. The minimum Gasteiger partial charge on any atom is -0.370 e. The maximum Gasteiger partial charge on any atom is 0.125 e. The minimum atomic E-state index is 0.572. The summed E-state index contributed by atoms with van der Waals surface area (Å²) in [4.78, 5) is 8.39. The van der Waals surface area contributed by atoms with Crippen molar-refractivity contribution in [2.45, 2.75) is 13.3 Å². The van der Waals surface area contributed by atoms with Crippen molar-refractivity contribution in [3.05, 3.63) is 53.5 Å². The standard InChI is InChI=1S/C14H14N4/c1-11-2-3-12(9-17-11)6-7-16-14-5-4-13(8-15)10-18-14/h2-5,9-10H,6-7H2,1H3,(H,16,18). The molecular weight excluding hydrogens is 224 g/mol. The topological polar surface area (TPSA) is 61.6 Å². The second kappa shape index (κ2) is 5.78. The summed E-state index contributed by atoms with van der Waals surface area (Å²) < 4.78 is 0. The molecule has 0 aliphatic heterocycles. The Hall–Kier alpha value is -2.41. The molecule has 0 atom stereocenters. The molecule has 0 aromatic carbocycles. The summed E-state index contributed by atoms with van der Waals surface area (Å²) in [5.41, 5.74) is 2.80. The smallest absolute Gasteiger partial charge is 0.125 e. The fourth-order valence-electron chi connectivity index (χ4n) is 1.55. The molecule has 0 saturated heterocycles. The largest absolute Gasteiger partial charge is 0.370 e. The van der Waals surface area contributed by atoms with E-state index in [2.05, 4.69) is 21.4 Å². The monoisotopic (exact) mass is 238 g/mol. The maximum atomic E-state index is 8.66. The number of aryl methyl sites for hydroxylation is 1. The van der Waals surface area contributed by atoms with Crippen molar-refractivity contribution < 1.29 is 0 Å². The van der Waals surface area contributed by atoms with Gasteiger partial charge in [-0.15, -0.1) is 0 Å². The van der Waals surface area contributed by atoms with E-state index in [0.29, 0.717) is 5.56 Å². The summed E-state index contributed by atoms with van der Waals surface area (Å²) in [6.07, 6.45) is 4.36. The van der Waals surface area contributed by atoms with Crippen LogP contribution in [0.2, 0.25) is 0 Å². The van der Waals surface area contributed by atoms with Gasteiger partial charge in [0, 0.05) is 24.6 Å². The van der Waals surface area contributed by atoms with Gasteiger partial charge in [-0.1, -0.05) is 6.07 Å². The molecule has 0 radical (unpaired) electrons. The lowest BCUT2D eigenvalue weighted by Gasteiger charge is -2.05. The van der Waals surface area contributed by atoms with Crippen LogP contribution in [0, 0.1) is 18.3 Å². The summed E-state index contributed by atoms with van der Waals surface area (Å²) in [6.45, 7) is 2.77. The number of nitriles is 1. The predicted molar refractivity (Wildman–Crippen MR) is 70.1 cm³/mol. The fourth-order valence-corrected chi connectivity index (χ4v) is 1.55. The molecule has 0 aliphatic rings. The highest BCUT2D eigenvalue weighted by Gasteiger charge is 1.96. The zero-order valence-corrected chi connectivity index (χ0v) is 10.2. The van der Waals surface area contributed by atoms with Gasteiger partial charge in [-0.3, -0.25) is 4.98 Å². The lowest BCUT2D eigenvalue weighted by Crippen LogP contribution is -2.06. The summed E-state index contributed by atoms with van der Waals surface area (Å²) in [6, 6.07) is 9.70. The number of hydrogen-bond donors (Lipinski definition) is 1. The van der Waals surface area contributed by atoms with Crippen LogP contribution in [0.3, 0.4) is 0 Å². The Kier molecular flexibility index (Phi) is 3.87. The molecular formula is C14H14N4. The number of aromatic nitrogens is 2. The Bertz CT molecular complexity index is 538. The fraction of sp³-hybridized carbons (Fsp3) is 0.214. The van der Waals surface area contributed by atoms with Crippen molar-refractivity contribution in [1.82, 2.24) is 9.97 Å². The van der Waals surface area contributed by atoms with Crippen LogP contribution >= 0.6 is 0 Å². The van der Waals surface area contributed by atoms with Crippen LogP contribution in [-0.2, 0) is 6.42 Å². The number of rotatable bonds is 4. The highest BCUT2D eigenvalue weighted by molar-refractivity contribution is 5.39. The van der Waals surface area contributed by atoms with Crippen LogP contribution < -0.4 is 5.32 Å². The van der Waals surface area contributed by atoms with Crippen molar-refractivity contribution in [2.24, 2.45) is 0 Å². The van der Waals surface area contributed by atoms with Crippen LogP contribution in [0.5, 0.6) is 0 Å². The van der Waals surface area contributed by atoms with E-state index < -0.39 is 0 Å². The highest BCUT2D eigenvalue weighted by Crippen LogP contribution is 2.05. The first-order valence-electron chi connectivity index (χ1n) is 5.79. The Labute approximate surface area is 106 Å². The molecule has 0 bridgehead atoms. The quantitative estimate of drug-likeness (QED) is 0.887. The average Bonchev–Trinajstić information content (AvgIpc) is 2.42. The lowest BCUT2D eigenvalue weighted by molar-refractivity contribution is 0.987. The van der Waals surface area contributed by atoms with Gasteiger partial charge in [-0.2, -0.15) is 5.26 Å². The first kappa shape index (κ1) is 12.1. The van der Waals surface area contributed by atoms with Crippen LogP contribution in [0.15, 0.2) is 36.7 Å². The van der Waals surface area contributed by atoms with E-state index in [9.17, 15) is 0 Å². The van der Waals surface area contributed by atoms with Crippen LogP contribution in [-0.4, -0.2) is 16.5 Å². The summed E-state index contributed by atoms with van der Waals surface area (Å²) >= 11 is 0. The molecule has 2 aromatic rings. The Morgan fingerprint density at radius 1 is 1.17 bits per heavy atom. The van der Waals surface area contributed by atoms with Crippen LogP contribution in [0.25, 0.3) is 0 Å². The van der Waals surface area contributed by atoms with Gasteiger partial charge in [0.25, 0.3) is 0 Å². The van der Waals surface area contributed by atoms with Crippen molar-refractivity contribution in [3.63, 3.8) is 0 Å². The molecule has 2 aromatic heterocycles. The van der Waals surface area contributed by atoms with E-state index >= 15 is 0 Å². The van der Waals surface area contributed by atoms with Gasteiger partial charge in [0.15, 0.2) is 0 Å². The zero-order valence-electron chi connectivity index (χ0n) is 10.2. The molecule has 4 nitrogen and oxygen atoms in total. The molecule has 18 heavy (non-hydrogen) atoms. The van der Waals surface area contributed by atoms with E-state index in [1.807, 2.05) is 31.3 Å². The molecule has 0 aliphatic carbocycles. The first-order chi connectivity index (χ1) is 8.78. The van der Waals surface area contributed by atoms with E-state index in [-0.39, 0.29) is 0 Å². The molecule has 0 unspecified atom stereocenters. The molecule has 0 amide bonds. The average molecular weight is 238 g/mol. The van der Waals surface area contributed by atoms with Gasteiger partial charge in [-0.05, 0) is 37.1 Å². The first-order valence-corrected chi connectivity index (χ1v) is 5.79. The van der Waals surface area contributed by atoms with E-state index in [0.717, 1.165) is 24.5 Å². The van der Waals surface area contributed by atoms with Gasteiger partial charge < -0.3 is 5.32 Å². The number of hydrogen-bond acceptors (Lipinski definition) is 4. The summed E-state index contributed by atoms with van der Waals surface area (Å²) in [5.74, 6) is 0.786. The number of anilines is 1. The maximum absolute atomic E-state index is 8.66. The van der Waals surface area contributed by atoms with E-state index in [1.54, 1.807) is 12.3 Å². The minimum absolute atomic E-state index is 0.572. The third kappa shape index (κ3) is 3.29.